The third-order valence-electron chi connectivity index (χ3n) is 6.77. The van der Waals surface area contributed by atoms with E-state index in [4.69, 9.17) is 9.47 Å². The molecule has 0 saturated heterocycles. The van der Waals surface area contributed by atoms with E-state index in [-0.39, 0.29) is 18.0 Å². The van der Waals surface area contributed by atoms with E-state index in [0.29, 0.717) is 46.7 Å². The summed E-state index contributed by atoms with van der Waals surface area (Å²) in [7, 11) is 1.58. The predicted molar refractivity (Wildman–Crippen MR) is 145 cm³/mol. The standard InChI is InChI=1S/C30H31N3O4/c1-18(2)21-10-12-23(13-11-21)31-27(34)17-32-30-24(16-22-7-6-8-26(36-5)28(22)37-30)29(35)33(32)25-14-9-19(3)15-20(25)4/h6-15,18H,16-17H2,1-5H3,(H,31,34). The average molecular weight is 498 g/mol. The summed E-state index contributed by atoms with van der Waals surface area (Å²) >= 11 is 0. The van der Waals surface area contributed by atoms with Crippen LogP contribution in [-0.4, -0.2) is 22.4 Å². The molecule has 3 aromatic carbocycles. The highest BCUT2D eigenvalue weighted by molar-refractivity contribution is 5.90. The lowest BCUT2D eigenvalue weighted by molar-refractivity contribution is -0.117. The van der Waals surface area contributed by atoms with E-state index in [9.17, 15) is 9.59 Å². The number of aryl methyl sites for hydroxylation is 2. The lowest BCUT2D eigenvalue weighted by Gasteiger charge is -2.21. The third-order valence-corrected chi connectivity index (χ3v) is 6.77. The van der Waals surface area contributed by atoms with Gasteiger partial charge in [0.05, 0.1) is 18.4 Å². The van der Waals surface area contributed by atoms with E-state index in [1.54, 1.807) is 16.5 Å². The topological polar surface area (TPSA) is 74.5 Å². The Labute approximate surface area is 216 Å². The first-order valence-corrected chi connectivity index (χ1v) is 12.4. The van der Waals surface area contributed by atoms with Gasteiger partial charge in [-0.05, 0) is 55.2 Å². The summed E-state index contributed by atoms with van der Waals surface area (Å²) < 4.78 is 15.0. The van der Waals surface area contributed by atoms with Gasteiger partial charge in [-0.25, -0.2) is 9.36 Å². The highest BCUT2D eigenvalue weighted by Crippen LogP contribution is 2.42. The second-order valence-electron chi connectivity index (χ2n) is 9.80. The van der Waals surface area contributed by atoms with Crippen LogP contribution in [0.25, 0.3) is 5.69 Å². The number of hydrogen-bond donors (Lipinski definition) is 1. The number of carbonyl (C=O) groups is 1. The van der Waals surface area contributed by atoms with E-state index in [0.717, 1.165) is 16.7 Å². The molecular weight excluding hydrogens is 466 g/mol. The van der Waals surface area contributed by atoms with Gasteiger partial charge in [-0.3, -0.25) is 9.59 Å². The number of aromatic nitrogens is 2. The van der Waals surface area contributed by atoms with Crippen LogP contribution in [0.2, 0.25) is 0 Å². The van der Waals surface area contributed by atoms with Crippen molar-refractivity contribution in [3.63, 3.8) is 0 Å². The van der Waals surface area contributed by atoms with E-state index < -0.39 is 0 Å². The number of amides is 1. The van der Waals surface area contributed by atoms with Gasteiger partial charge in [-0.15, -0.1) is 0 Å². The molecule has 0 bridgehead atoms. The molecule has 1 aliphatic rings. The van der Waals surface area contributed by atoms with Crippen LogP contribution < -0.4 is 20.3 Å². The lowest BCUT2D eigenvalue weighted by Crippen LogP contribution is -2.28. The second-order valence-corrected chi connectivity index (χ2v) is 9.80. The quantitative estimate of drug-likeness (QED) is 0.325. The monoisotopic (exact) mass is 497 g/mol. The van der Waals surface area contributed by atoms with E-state index in [1.165, 1.54) is 5.56 Å². The van der Waals surface area contributed by atoms with E-state index in [1.807, 2.05) is 74.5 Å². The Morgan fingerprint density at radius 1 is 1.08 bits per heavy atom. The lowest BCUT2D eigenvalue weighted by atomic mass is 10.0. The summed E-state index contributed by atoms with van der Waals surface area (Å²) in [6.45, 7) is 8.12. The van der Waals surface area contributed by atoms with Gasteiger partial charge in [-0.1, -0.05) is 55.8 Å². The zero-order valence-electron chi connectivity index (χ0n) is 21.8. The molecule has 7 heteroatoms. The number of nitrogens with one attached hydrogen (secondary N) is 1. The normalized spacial score (nSPS) is 12.1. The van der Waals surface area contributed by atoms with Crippen molar-refractivity contribution in [1.29, 1.82) is 0 Å². The Balaban J connectivity index is 1.57. The molecule has 2 heterocycles. The maximum Gasteiger partial charge on any atom is 0.278 e. The van der Waals surface area contributed by atoms with Gasteiger partial charge in [0.25, 0.3) is 5.56 Å². The van der Waals surface area contributed by atoms with Crippen LogP contribution in [0, 0.1) is 13.8 Å². The van der Waals surface area contributed by atoms with Gasteiger partial charge in [0.2, 0.25) is 11.8 Å². The van der Waals surface area contributed by atoms with E-state index >= 15 is 0 Å². The zero-order chi connectivity index (χ0) is 26.3. The van der Waals surface area contributed by atoms with Crippen molar-refractivity contribution in [2.24, 2.45) is 0 Å². The summed E-state index contributed by atoms with van der Waals surface area (Å²) in [5.74, 6) is 1.64. The highest BCUT2D eigenvalue weighted by atomic mass is 16.5. The number of benzene rings is 3. The van der Waals surface area contributed by atoms with Crippen LogP contribution in [0.3, 0.4) is 0 Å². The molecule has 4 aromatic rings. The molecule has 0 unspecified atom stereocenters. The van der Waals surface area contributed by atoms with E-state index in [2.05, 4.69) is 19.2 Å². The third kappa shape index (κ3) is 4.53. The second kappa shape index (κ2) is 9.65. The molecule has 0 radical (unpaired) electrons. The summed E-state index contributed by atoms with van der Waals surface area (Å²) in [4.78, 5) is 27.0. The van der Waals surface area contributed by atoms with Crippen LogP contribution in [-0.2, 0) is 17.8 Å². The Bertz CT molecular complexity index is 1540. The molecule has 1 amide bonds. The van der Waals surface area contributed by atoms with Gasteiger partial charge < -0.3 is 14.8 Å². The maximum atomic E-state index is 13.8. The van der Waals surface area contributed by atoms with Crippen molar-refractivity contribution in [1.82, 2.24) is 9.36 Å². The Morgan fingerprint density at radius 3 is 2.51 bits per heavy atom. The fourth-order valence-electron chi connectivity index (χ4n) is 4.82. The largest absolute Gasteiger partial charge is 0.493 e. The van der Waals surface area contributed by atoms with Crippen LogP contribution in [0.15, 0.2) is 65.5 Å². The number of nitrogens with zero attached hydrogens (tertiary/aromatic N) is 2. The molecule has 0 aliphatic carbocycles. The fraction of sp³-hybridized carbons (Fsp3) is 0.267. The van der Waals surface area contributed by atoms with Gasteiger partial charge in [0.1, 0.15) is 6.54 Å². The Kier molecular flexibility index (Phi) is 6.38. The minimum absolute atomic E-state index is 0.103. The number of hydrogen-bond acceptors (Lipinski definition) is 4. The number of para-hydroxylation sites is 1. The van der Waals surface area contributed by atoms with Crippen molar-refractivity contribution in [2.75, 3.05) is 12.4 Å². The molecule has 0 saturated carbocycles. The molecule has 0 fully saturated rings. The molecule has 1 N–H and O–H groups in total. The van der Waals surface area contributed by atoms with Crippen molar-refractivity contribution in [2.45, 2.75) is 46.6 Å². The molecule has 7 nitrogen and oxygen atoms in total. The number of anilines is 1. The van der Waals surface area contributed by atoms with Crippen molar-refractivity contribution >= 4 is 11.6 Å². The first kappa shape index (κ1) is 24.4. The molecule has 190 valence electrons. The summed E-state index contributed by atoms with van der Waals surface area (Å²) in [5, 5.41) is 2.96. The van der Waals surface area contributed by atoms with Crippen molar-refractivity contribution in [3.8, 4) is 23.1 Å². The molecule has 37 heavy (non-hydrogen) atoms. The molecule has 1 aromatic heterocycles. The fourth-order valence-corrected chi connectivity index (χ4v) is 4.82. The average Bonchev–Trinajstić information content (AvgIpc) is 3.13. The first-order chi connectivity index (χ1) is 17.8. The Morgan fingerprint density at radius 2 is 1.84 bits per heavy atom. The summed E-state index contributed by atoms with van der Waals surface area (Å²) in [6, 6.07) is 19.3. The molecule has 5 rings (SSSR count). The predicted octanol–water partition coefficient (Wildman–Crippen LogP) is 5.72. The van der Waals surface area contributed by atoms with Gasteiger partial charge in [0, 0.05) is 17.7 Å². The SMILES string of the molecule is COc1cccc2c1Oc1c(c(=O)n(-c3ccc(C)cc3C)n1CC(=O)Nc1ccc(C(C)C)cc1)C2. The minimum Gasteiger partial charge on any atom is -0.493 e. The number of fused-ring (bicyclic) bond motifs is 2. The van der Waals surface area contributed by atoms with Crippen molar-refractivity contribution in [3.05, 3.63) is 98.8 Å². The zero-order valence-corrected chi connectivity index (χ0v) is 21.8. The van der Waals surface area contributed by atoms with Gasteiger partial charge >= 0.3 is 0 Å². The smallest absolute Gasteiger partial charge is 0.278 e. The summed E-state index contributed by atoms with van der Waals surface area (Å²) in [5.41, 5.74) is 5.79. The molecular formula is C30H31N3O4. The number of methoxy groups -OCH3 is 1. The first-order valence-electron chi connectivity index (χ1n) is 12.4. The highest BCUT2D eigenvalue weighted by Gasteiger charge is 2.31. The number of ether oxygens (including phenoxy) is 2. The van der Waals surface area contributed by atoms with Crippen LogP contribution >= 0.6 is 0 Å². The number of carbonyl (C=O) groups excluding carboxylic acids is 1. The Hall–Kier alpha value is -4.26. The molecule has 0 atom stereocenters. The van der Waals surface area contributed by atoms with Crippen LogP contribution in [0.5, 0.6) is 17.4 Å². The summed E-state index contributed by atoms with van der Waals surface area (Å²) in [6.07, 6.45) is 0.386. The van der Waals surface area contributed by atoms with Gasteiger partial charge in [0.15, 0.2) is 11.5 Å². The van der Waals surface area contributed by atoms with Crippen molar-refractivity contribution < 1.29 is 14.3 Å². The van der Waals surface area contributed by atoms with Crippen LogP contribution in [0.4, 0.5) is 5.69 Å². The maximum absolute atomic E-state index is 13.8. The number of rotatable bonds is 6. The van der Waals surface area contributed by atoms with Gasteiger partial charge in [-0.2, -0.15) is 0 Å². The minimum atomic E-state index is -0.261. The van der Waals surface area contributed by atoms with Crippen LogP contribution in [0.1, 0.15) is 47.6 Å². The molecule has 1 aliphatic heterocycles. The molecule has 0 spiro atoms.